The molecule has 0 bridgehead atoms. The quantitative estimate of drug-likeness (QED) is 0.930. The lowest BCUT2D eigenvalue weighted by Crippen LogP contribution is -2.33. The van der Waals surface area contributed by atoms with Crippen LogP contribution < -0.4 is 5.32 Å². The molecule has 1 spiro atoms. The van der Waals surface area contributed by atoms with E-state index in [2.05, 4.69) is 20.2 Å². The minimum Gasteiger partial charge on any atom is -0.472 e. The number of anilines is 1. The Kier molecular flexibility index (Phi) is 3.56. The molecule has 2 fully saturated rings. The zero-order chi connectivity index (χ0) is 14.8. The average molecular weight is 300 g/mol. The lowest BCUT2D eigenvalue weighted by molar-refractivity contribution is 0.0120. The summed E-state index contributed by atoms with van der Waals surface area (Å²) in [5.41, 5.74) is 1.22. The van der Waals surface area contributed by atoms with Gasteiger partial charge in [-0.1, -0.05) is 0 Å². The van der Waals surface area contributed by atoms with Gasteiger partial charge in [-0.25, -0.2) is 4.98 Å². The van der Waals surface area contributed by atoms with E-state index in [9.17, 15) is 0 Å². The highest BCUT2D eigenvalue weighted by Crippen LogP contribution is 2.36. The van der Waals surface area contributed by atoms with E-state index in [4.69, 9.17) is 9.15 Å². The molecular formula is C16H20N4O2. The van der Waals surface area contributed by atoms with Crippen LogP contribution in [0.15, 0.2) is 41.6 Å². The highest BCUT2D eigenvalue weighted by atomic mass is 16.5. The fraction of sp³-hybridized carbons (Fsp3) is 0.500. The molecule has 6 nitrogen and oxygen atoms in total. The molecule has 0 saturated carbocycles. The zero-order valence-electron chi connectivity index (χ0n) is 12.4. The smallest absolute Gasteiger partial charge is 0.144 e. The van der Waals surface area contributed by atoms with Crippen molar-refractivity contribution in [2.75, 3.05) is 25.0 Å². The van der Waals surface area contributed by atoms with Crippen LogP contribution in [0, 0.1) is 0 Å². The van der Waals surface area contributed by atoms with Gasteiger partial charge in [-0.15, -0.1) is 0 Å². The van der Waals surface area contributed by atoms with Crippen LogP contribution in [0.5, 0.6) is 0 Å². The maximum absolute atomic E-state index is 6.16. The molecule has 116 valence electrons. The van der Waals surface area contributed by atoms with Crippen molar-refractivity contribution in [3.8, 4) is 0 Å². The molecule has 0 aromatic carbocycles. The van der Waals surface area contributed by atoms with E-state index in [1.807, 2.05) is 12.3 Å². The molecular weight excluding hydrogens is 280 g/mol. The van der Waals surface area contributed by atoms with E-state index in [1.54, 1.807) is 24.9 Å². The Morgan fingerprint density at radius 3 is 3.23 bits per heavy atom. The number of hydrogen-bond acceptors (Lipinski definition) is 6. The van der Waals surface area contributed by atoms with Crippen molar-refractivity contribution >= 4 is 5.82 Å². The third-order valence-corrected chi connectivity index (χ3v) is 4.51. The van der Waals surface area contributed by atoms with Gasteiger partial charge in [0.2, 0.25) is 0 Å². The van der Waals surface area contributed by atoms with Crippen molar-refractivity contribution in [3.05, 3.63) is 42.7 Å². The van der Waals surface area contributed by atoms with E-state index in [1.165, 1.54) is 5.56 Å². The summed E-state index contributed by atoms with van der Waals surface area (Å²) >= 11 is 0. The number of ether oxygens (including phenoxy) is 1. The van der Waals surface area contributed by atoms with Gasteiger partial charge in [0.25, 0.3) is 0 Å². The number of furan rings is 1. The molecule has 0 amide bonds. The van der Waals surface area contributed by atoms with Gasteiger partial charge in [-0.3, -0.25) is 9.88 Å². The fourth-order valence-corrected chi connectivity index (χ4v) is 3.51. The van der Waals surface area contributed by atoms with Crippen LogP contribution in [0.4, 0.5) is 5.82 Å². The molecule has 0 unspecified atom stereocenters. The number of nitrogens with zero attached hydrogens (tertiary/aromatic N) is 3. The first kappa shape index (κ1) is 13.7. The number of nitrogens with one attached hydrogen (secondary N) is 1. The fourth-order valence-electron chi connectivity index (χ4n) is 3.51. The van der Waals surface area contributed by atoms with E-state index in [-0.39, 0.29) is 5.60 Å². The van der Waals surface area contributed by atoms with Gasteiger partial charge in [0.05, 0.1) is 37.0 Å². The third-order valence-electron chi connectivity index (χ3n) is 4.51. The molecule has 2 aromatic rings. The second kappa shape index (κ2) is 5.70. The topological polar surface area (TPSA) is 63.4 Å². The molecule has 0 radical (unpaired) electrons. The van der Waals surface area contributed by atoms with Crippen molar-refractivity contribution < 1.29 is 9.15 Å². The van der Waals surface area contributed by atoms with Crippen LogP contribution in [0.2, 0.25) is 0 Å². The van der Waals surface area contributed by atoms with Gasteiger partial charge in [0, 0.05) is 44.0 Å². The van der Waals surface area contributed by atoms with E-state index >= 15 is 0 Å². The Bertz CT molecular complexity index is 604. The van der Waals surface area contributed by atoms with Crippen LogP contribution in [0.25, 0.3) is 0 Å². The minimum atomic E-state index is -0.0103. The molecule has 0 aliphatic carbocycles. The Hall–Kier alpha value is -1.92. The molecule has 22 heavy (non-hydrogen) atoms. The van der Waals surface area contributed by atoms with E-state index < -0.39 is 0 Å². The van der Waals surface area contributed by atoms with Gasteiger partial charge in [0.1, 0.15) is 5.82 Å². The largest absolute Gasteiger partial charge is 0.472 e. The van der Waals surface area contributed by atoms with Crippen LogP contribution in [-0.2, 0) is 11.3 Å². The monoisotopic (exact) mass is 300 g/mol. The molecule has 6 heteroatoms. The number of aromatic nitrogens is 2. The Morgan fingerprint density at radius 1 is 1.41 bits per heavy atom. The van der Waals surface area contributed by atoms with Crippen molar-refractivity contribution in [2.24, 2.45) is 0 Å². The van der Waals surface area contributed by atoms with Crippen LogP contribution in [0.1, 0.15) is 18.4 Å². The van der Waals surface area contributed by atoms with Gasteiger partial charge < -0.3 is 14.5 Å². The molecule has 2 aromatic heterocycles. The van der Waals surface area contributed by atoms with Crippen molar-refractivity contribution in [2.45, 2.75) is 31.0 Å². The first-order valence-corrected chi connectivity index (χ1v) is 7.71. The molecule has 2 saturated heterocycles. The van der Waals surface area contributed by atoms with Crippen molar-refractivity contribution in [1.29, 1.82) is 0 Å². The highest BCUT2D eigenvalue weighted by Gasteiger charge is 2.45. The van der Waals surface area contributed by atoms with Gasteiger partial charge in [-0.05, 0) is 12.5 Å². The van der Waals surface area contributed by atoms with Crippen molar-refractivity contribution in [1.82, 2.24) is 14.9 Å². The Labute approximate surface area is 129 Å². The summed E-state index contributed by atoms with van der Waals surface area (Å²) in [7, 11) is 0. The first-order valence-electron chi connectivity index (χ1n) is 7.71. The molecule has 2 aliphatic heterocycles. The summed E-state index contributed by atoms with van der Waals surface area (Å²) in [6.07, 6.45) is 10.8. The van der Waals surface area contributed by atoms with Crippen molar-refractivity contribution in [3.63, 3.8) is 0 Å². The second-order valence-corrected chi connectivity index (χ2v) is 6.22. The average Bonchev–Trinajstić information content (AvgIpc) is 3.25. The van der Waals surface area contributed by atoms with E-state index in [0.717, 1.165) is 44.9 Å². The highest BCUT2D eigenvalue weighted by molar-refractivity contribution is 5.32. The molecule has 1 N–H and O–H groups in total. The third kappa shape index (κ3) is 2.84. The lowest BCUT2D eigenvalue weighted by Gasteiger charge is -2.23. The number of likely N-dealkylation sites (tertiary alicyclic amines) is 1. The summed E-state index contributed by atoms with van der Waals surface area (Å²) in [5, 5.41) is 3.42. The van der Waals surface area contributed by atoms with E-state index in [0.29, 0.717) is 6.04 Å². The summed E-state index contributed by atoms with van der Waals surface area (Å²) in [6.45, 7) is 3.72. The van der Waals surface area contributed by atoms with Gasteiger partial charge in [-0.2, -0.15) is 0 Å². The lowest BCUT2D eigenvalue weighted by atomic mass is 9.97. The summed E-state index contributed by atoms with van der Waals surface area (Å²) < 4.78 is 11.3. The van der Waals surface area contributed by atoms with Crippen LogP contribution in [0.3, 0.4) is 0 Å². The predicted molar refractivity (Wildman–Crippen MR) is 81.3 cm³/mol. The standard InChI is InChI=1S/C16H20N4O2/c1-6-21-10-13(1)9-20-5-2-16(12-20)7-14(11-22-16)19-15-8-17-3-4-18-15/h1,3-4,6,8,10,14H,2,5,7,9,11-12H2,(H,18,19)/t14-,16+/m1/s1. The predicted octanol–water partition coefficient (Wildman–Crippen LogP) is 1.92. The maximum Gasteiger partial charge on any atom is 0.144 e. The van der Waals surface area contributed by atoms with Crippen LogP contribution in [-0.4, -0.2) is 46.2 Å². The summed E-state index contributed by atoms with van der Waals surface area (Å²) in [4.78, 5) is 10.8. The minimum absolute atomic E-state index is 0.0103. The normalized spacial score (nSPS) is 28.5. The Balaban J connectivity index is 1.34. The maximum atomic E-state index is 6.16. The van der Waals surface area contributed by atoms with Gasteiger partial charge in [0.15, 0.2) is 0 Å². The molecule has 2 atom stereocenters. The molecule has 4 rings (SSSR count). The first-order chi connectivity index (χ1) is 10.8. The van der Waals surface area contributed by atoms with Crippen LogP contribution >= 0.6 is 0 Å². The SMILES string of the molecule is c1cnc(N[C@H]2CO[C@@]3(CCN(Cc4ccoc4)C3)C2)cn1. The summed E-state index contributed by atoms with van der Waals surface area (Å²) in [5.74, 6) is 0.821. The zero-order valence-corrected chi connectivity index (χ0v) is 12.4. The Morgan fingerprint density at radius 2 is 2.41 bits per heavy atom. The summed E-state index contributed by atoms with van der Waals surface area (Å²) in [6, 6.07) is 2.34. The molecule has 2 aliphatic rings. The number of rotatable bonds is 4. The number of hydrogen-bond donors (Lipinski definition) is 1. The second-order valence-electron chi connectivity index (χ2n) is 6.22. The molecule has 4 heterocycles. The van der Waals surface area contributed by atoms with Gasteiger partial charge >= 0.3 is 0 Å².